The van der Waals surface area contributed by atoms with Crippen molar-refractivity contribution in [2.75, 3.05) is 12.5 Å². The summed E-state index contributed by atoms with van der Waals surface area (Å²) in [7, 11) is 0. The molecule has 5 rings (SSSR count). The van der Waals surface area contributed by atoms with Gasteiger partial charge in [0.2, 0.25) is 6.79 Å². The van der Waals surface area contributed by atoms with E-state index in [1.54, 1.807) is 0 Å². The molecular formula is C24H25N5O3. The number of ether oxygens (including phenoxy) is 2. The molecule has 3 heterocycles. The topological polar surface area (TPSA) is 104 Å². The van der Waals surface area contributed by atoms with Gasteiger partial charge in [0.1, 0.15) is 16.9 Å². The highest BCUT2D eigenvalue weighted by Gasteiger charge is 2.24. The van der Waals surface area contributed by atoms with Gasteiger partial charge in [0.05, 0.1) is 11.0 Å². The Hall–Kier alpha value is -3.81. The molecular weight excluding hydrogens is 406 g/mol. The van der Waals surface area contributed by atoms with Crippen molar-refractivity contribution >= 4 is 33.9 Å². The van der Waals surface area contributed by atoms with Crippen molar-refractivity contribution in [2.45, 2.75) is 39.3 Å². The molecule has 4 aromatic rings. The number of amides is 1. The minimum atomic E-state index is -0.274. The van der Waals surface area contributed by atoms with E-state index in [2.05, 4.69) is 12.2 Å². The Morgan fingerprint density at radius 2 is 1.88 bits per heavy atom. The number of nitrogens with zero attached hydrogens (tertiary/aromatic N) is 3. The van der Waals surface area contributed by atoms with Crippen molar-refractivity contribution in [3.63, 3.8) is 0 Å². The highest BCUT2D eigenvalue weighted by Crippen LogP contribution is 2.33. The second-order valence-electron chi connectivity index (χ2n) is 7.87. The zero-order valence-electron chi connectivity index (χ0n) is 17.9. The van der Waals surface area contributed by atoms with Crippen molar-refractivity contribution < 1.29 is 14.3 Å². The monoisotopic (exact) mass is 431 g/mol. The molecule has 2 aromatic carbocycles. The summed E-state index contributed by atoms with van der Waals surface area (Å²) >= 11 is 0. The van der Waals surface area contributed by atoms with Crippen LogP contribution in [-0.4, -0.2) is 27.2 Å². The molecule has 0 spiro atoms. The lowest BCUT2D eigenvalue weighted by Gasteiger charge is -2.08. The predicted octanol–water partition coefficient (Wildman–Crippen LogP) is 4.02. The summed E-state index contributed by atoms with van der Waals surface area (Å²) in [5.41, 5.74) is 10.5. The second-order valence-corrected chi connectivity index (χ2v) is 7.87. The summed E-state index contributed by atoms with van der Waals surface area (Å²) in [5.74, 6) is 1.52. The maximum Gasteiger partial charge on any atom is 0.257 e. The van der Waals surface area contributed by atoms with Gasteiger partial charge in [-0.2, -0.15) is 0 Å². The predicted molar refractivity (Wildman–Crippen MR) is 123 cm³/mol. The van der Waals surface area contributed by atoms with Crippen LogP contribution in [-0.2, 0) is 13.1 Å². The molecule has 1 aliphatic rings. The average Bonchev–Trinajstić information content (AvgIpc) is 3.38. The molecule has 8 nitrogen and oxygen atoms in total. The number of carbonyl (C=O) groups excluding carboxylic acids is 1. The summed E-state index contributed by atoms with van der Waals surface area (Å²) in [5, 5.41) is 2.97. The molecule has 2 aromatic heterocycles. The number of benzene rings is 2. The summed E-state index contributed by atoms with van der Waals surface area (Å²) in [4.78, 5) is 22.8. The molecule has 0 aliphatic carbocycles. The van der Waals surface area contributed by atoms with E-state index in [-0.39, 0.29) is 12.7 Å². The number of aryl methyl sites for hydroxylation is 1. The van der Waals surface area contributed by atoms with E-state index in [1.165, 1.54) is 0 Å². The summed E-state index contributed by atoms with van der Waals surface area (Å²) in [6.45, 7) is 3.39. The summed E-state index contributed by atoms with van der Waals surface area (Å²) < 4.78 is 12.7. The molecule has 0 unspecified atom stereocenters. The van der Waals surface area contributed by atoms with Crippen LogP contribution in [0, 0.1) is 0 Å². The lowest BCUT2D eigenvalue weighted by Crippen LogP contribution is -2.24. The molecule has 164 valence electrons. The van der Waals surface area contributed by atoms with Crippen LogP contribution in [0.2, 0.25) is 0 Å². The highest BCUT2D eigenvalue weighted by molar-refractivity contribution is 6.10. The smallest absolute Gasteiger partial charge is 0.257 e. The van der Waals surface area contributed by atoms with Crippen LogP contribution in [0.1, 0.15) is 42.1 Å². The summed E-state index contributed by atoms with van der Waals surface area (Å²) in [6.07, 6.45) is 3.12. The number of nitrogens with two attached hydrogens (primary N) is 1. The highest BCUT2D eigenvalue weighted by atomic mass is 16.7. The van der Waals surface area contributed by atoms with Crippen LogP contribution in [0.25, 0.3) is 22.2 Å². The molecule has 0 saturated heterocycles. The molecule has 0 bridgehead atoms. The van der Waals surface area contributed by atoms with Gasteiger partial charge in [0.25, 0.3) is 5.91 Å². The van der Waals surface area contributed by atoms with Gasteiger partial charge < -0.3 is 25.1 Å². The molecule has 1 aliphatic heterocycles. The zero-order valence-corrected chi connectivity index (χ0v) is 17.9. The van der Waals surface area contributed by atoms with Crippen LogP contribution >= 0.6 is 0 Å². The number of fused-ring (bicyclic) bond motifs is 3. The van der Waals surface area contributed by atoms with Gasteiger partial charge in [-0.3, -0.25) is 4.79 Å². The minimum absolute atomic E-state index is 0.214. The van der Waals surface area contributed by atoms with E-state index in [9.17, 15) is 4.79 Å². The first-order valence-electron chi connectivity index (χ1n) is 10.9. The Bertz CT molecular complexity index is 1310. The van der Waals surface area contributed by atoms with E-state index in [4.69, 9.17) is 25.2 Å². The van der Waals surface area contributed by atoms with Crippen LogP contribution in [0.4, 0.5) is 5.82 Å². The molecule has 0 saturated carbocycles. The van der Waals surface area contributed by atoms with Gasteiger partial charge in [0.15, 0.2) is 17.1 Å². The number of unbranched alkanes of at least 4 members (excludes halogenated alkanes) is 2. The fourth-order valence-electron chi connectivity index (χ4n) is 4.01. The molecule has 8 heteroatoms. The first-order valence-corrected chi connectivity index (χ1v) is 10.9. The number of carbonyl (C=O) groups is 1. The molecule has 3 N–H and O–H groups in total. The summed E-state index contributed by atoms with van der Waals surface area (Å²) in [6, 6.07) is 13.3. The van der Waals surface area contributed by atoms with E-state index < -0.39 is 0 Å². The van der Waals surface area contributed by atoms with Gasteiger partial charge in [-0.05, 0) is 36.2 Å². The van der Waals surface area contributed by atoms with E-state index in [0.29, 0.717) is 47.1 Å². The van der Waals surface area contributed by atoms with Crippen LogP contribution in [0.15, 0.2) is 42.5 Å². The number of rotatable bonds is 7. The molecule has 0 fully saturated rings. The van der Waals surface area contributed by atoms with Gasteiger partial charge in [-0.25, -0.2) is 9.97 Å². The standard InChI is InChI=1S/C24H25N5O3/c1-2-3-6-11-29-22(25)20(21-23(29)28-17-8-5-4-7-16(17)27-21)24(30)26-13-15-9-10-18-19(12-15)32-14-31-18/h4-5,7-10,12H,2-3,6,11,13-14,25H2,1H3,(H,26,30). The first-order chi connectivity index (χ1) is 15.7. The van der Waals surface area contributed by atoms with Gasteiger partial charge in [0, 0.05) is 13.1 Å². The van der Waals surface area contributed by atoms with Gasteiger partial charge >= 0.3 is 0 Å². The Labute approximate surface area is 185 Å². The van der Waals surface area contributed by atoms with E-state index in [0.717, 1.165) is 35.9 Å². The zero-order chi connectivity index (χ0) is 22.1. The van der Waals surface area contributed by atoms with Crippen LogP contribution in [0.5, 0.6) is 11.5 Å². The Kier molecular flexibility index (Phi) is 5.26. The Morgan fingerprint density at radius 1 is 1.09 bits per heavy atom. The van der Waals surface area contributed by atoms with Crippen molar-refractivity contribution in [2.24, 2.45) is 0 Å². The maximum absolute atomic E-state index is 13.2. The van der Waals surface area contributed by atoms with E-state index in [1.807, 2.05) is 47.0 Å². The van der Waals surface area contributed by atoms with Crippen molar-refractivity contribution in [3.8, 4) is 11.5 Å². The average molecular weight is 431 g/mol. The fraction of sp³-hybridized carbons (Fsp3) is 0.292. The second kappa shape index (κ2) is 8.37. The quantitative estimate of drug-likeness (QED) is 0.428. The van der Waals surface area contributed by atoms with Crippen LogP contribution < -0.4 is 20.5 Å². The number of aromatic nitrogens is 3. The third-order valence-electron chi connectivity index (χ3n) is 5.69. The number of nitrogens with one attached hydrogen (secondary N) is 1. The lowest BCUT2D eigenvalue weighted by molar-refractivity contribution is 0.0953. The Balaban J connectivity index is 1.49. The third-order valence-corrected chi connectivity index (χ3v) is 5.69. The normalized spacial score (nSPS) is 12.5. The molecule has 1 amide bonds. The number of hydrogen-bond donors (Lipinski definition) is 2. The minimum Gasteiger partial charge on any atom is -0.454 e. The van der Waals surface area contributed by atoms with Crippen molar-refractivity contribution in [1.29, 1.82) is 0 Å². The van der Waals surface area contributed by atoms with Crippen molar-refractivity contribution in [1.82, 2.24) is 19.9 Å². The first kappa shape index (κ1) is 20.1. The molecule has 0 radical (unpaired) electrons. The SMILES string of the molecule is CCCCCn1c(N)c(C(=O)NCc2ccc3c(c2)OCO3)c2nc3ccccc3nc21. The van der Waals surface area contributed by atoms with Gasteiger partial charge in [-0.15, -0.1) is 0 Å². The van der Waals surface area contributed by atoms with Gasteiger partial charge in [-0.1, -0.05) is 38.0 Å². The fourth-order valence-corrected chi connectivity index (χ4v) is 4.01. The molecule has 0 atom stereocenters. The largest absolute Gasteiger partial charge is 0.454 e. The number of nitrogen functional groups attached to an aromatic ring is 1. The number of hydrogen-bond acceptors (Lipinski definition) is 6. The number of anilines is 1. The van der Waals surface area contributed by atoms with E-state index >= 15 is 0 Å². The Morgan fingerprint density at radius 3 is 2.69 bits per heavy atom. The lowest BCUT2D eigenvalue weighted by atomic mass is 10.2. The maximum atomic E-state index is 13.2. The third kappa shape index (κ3) is 3.57. The molecule has 32 heavy (non-hydrogen) atoms. The van der Waals surface area contributed by atoms with Crippen LogP contribution in [0.3, 0.4) is 0 Å². The van der Waals surface area contributed by atoms with Crippen molar-refractivity contribution in [3.05, 3.63) is 53.6 Å². The number of para-hydroxylation sites is 2.